The molecule has 9 heteroatoms. The number of rotatable bonds is 10. The van der Waals surface area contributed by atoms with Crippen LogP contribution in [0.15, 0.2) is 78.9 Å². The van der Waals surface area contributed by atoms with Crippen molar-refractivity contribution in [1.82, 2.24) is 15.5 Å². The molecule has 4 N–H and O–H groups in total. The topological polar surface area (TPSA) is 128 Å². The van der Waals surface area contributed by atoms with E-state index in [0.29, 0.717) is 24.0 Å². The minimum absolute atomic E-state index is 0.0750. The maximum Gasteiger partial charge on any atom is 0.408 e. The second kappa shape index (κ2) is 12.8. The SMILES string of the molecule is CC(C)(C)OC(=O)NC(Cc1ccc(O)cc1)C(=O)N(C1CC1)C(C(=O)NCc1ccccc1)c1ccccc1O. The number of benzene rings is 3. The van der Waals surface area contributed by atoms with E-state index in [1.54, 1.807) is 51.1 Å². The number of amides is 3. The van der Waals surface area contributed by atoms with Crippen molar-refractivity contribution in [3.05, 3.63) is 95.6 Å². The minimum Gasteiger partial charge on any atom is -0.508 e. The summed E-state index contributed by atoms with van der Waals surface area (Å²) < 4.78 is 5.45. The van der Waals surface area contributed by atoms with Crippen molar-refractivity contribution in [1.29, 1.82) is 0 Å². The minimum atomic E-state index is -1.14. The summed E-state index contributed by atoms with van der Waals surface area (Å²) in [6, 6.07) is 19.7. The molecule has 216 valence electrons. The van der Waals surface area contributed by atoms with Gasteiger partial charge in [-0.1, -0.05) is 60.7 Å². The van der Waals surface area contributed by atoms with E-state index in [0.717, 1.165) is 5.56 Å². The Bertz CT molecular complexity index is 1350. The van der Waals surface area contributed by atoms with E-state index < -0.39 is 35.6 Å². The van der Waals surface area contributed by atoms with Gasteiger partial charge in [0.15, 0.2) is 0 Å². The third-order valence-corrected chi connectivity index (χ3v) is 6.63. The first-order valence-electron chi connectivity index (χ1n) is 13.7. The summed E-state index contributed by atoms with van der Waals surface area (Å²) >= 11 is 0. The van der Waals surface area contributed by atoms with Crippen molar-refractivity contribution in [3.63, 3.8) is 0 Å². The largest absolute Gasteiger partial charge is 0.508 e. The fourth-order valence-corrected chi connectivity index (χ4v) is 4.59. The number of nitrogens with one attached hydrogen (secondary N) is 2. The Kier molecular flexibility index (Phi) is 9.17. The molecule has 1 aliphatic rings. The van der Waals surface area contributed by atoms with Crippen LogP contribution in [0.25, 0.3) is 0 Å². The van der Waals surface area contributed by atoms with Gasteiger partial charge in [-0.15, -0.1) is 0 Å². The average Bonchev–Trinajstić information content (AvgIpc) is 3.76. The van der Waals surface area contributed by atoms with Crippen LogP contribution < -0.4 is 10.6 Å². The summed E-state index contributed by atoms with van der Waals surface area (Å²) in [5.74, 6) is -0.960. The molecule has 2 atom stereocenters. The monoisotopic (exact) mass is 559 g/mol. The Balaban J connectivity index is 1.68. The van der Waals surface area contributed by atoms with Crippen LogP contribution in [0.3, 0.4) is 0 Å². The van der Waals surface area contributed by atoms with Gasteiger partial charge in [0.25, 0.3) is 0 Å². The molecule has 0 radical (unpaired) electrons. The van der Waals surface area contributed by atoms with Crippen molar-refractivity contribution < 1.29 is 29.3 Å². The lowest BCUT2D eigenvalue weighted by molar-refractivity contribution is -0.143. The van der Waals surface area contributed by atoms with E-state index in [1.807, 2.05) is 30.3 Å². The van der Waals surface area contributed by atoms with Crippen molar-refractivity contribution in [2.75, 3.05) is 0 Å². The fraction of sp³-hybridized carbons (Fsp3) is 0.344. The standard InChI is InChI=1S/C32H37N3O6/c1-32(2,3)41-31(40)34-26(19-21-13-17-24(36)18-14-21)30(39)35(23-15-16-23)28(25-11-7-8-12-27(25)37)29(38)33-20-22-9-5-4-6-10-22/h4-14,17-18,23,26,28,36-37H,15-16,19-20H2,1-3H3,(H,33,38)(H,34,40). The zero-order chi connectivity index (χ0) is 29.6. The third-order valence-electron chi connectivity index (χ3n) is 6.63. The van der Waals surface area contributed by atoms with Crippen LogP contribution in [0.2, 0.25) is 0 Å². The lowest BCUT2D eigenvalue weighted by Gasteiger charge is -2.35. The van der Waals surface area contributed by atoms with Gasteiger partial charge in [0.2, 0.25) is 11.8 Å². The smallest absolute Gasteiger partial charge is 0.408 e. The number of carbonyl (C=O) groups excluding carboxylic acids is 3. The second-order valence-corrected chi connectivity index (χ2v) is 11.2. The van der Waals surface area contributed by atoms with Crippen molar-refractivity contribution >= 4 is 17.9 Å². The van der Waals surface area contributed by atoms with Crippen LogP contribution in [0, 0.1) is 0 Å². The summed E-state index contributed by atoms with van der Waals surface area (Å²) in [5.41, 5.74) is 1.08. The maximum absolute atomic E-state index is 14.3. The molecule has 0 saturated heterocycles. The fourth-order valence-electron chi connectivity index (χ4n) is 4.59. The first-order valence-corrected chi connectivity index (χ1v) is 13.7. The van der Waals surface area contributed by atoms with Gasteiger partial charge in [-0.25, -0.2) is 4.79 Å². The Morgan fingerprint density at radius 3 is 2.15 bits per heavy atom. The van der Waals surface area contributed by atoms with Crippen molar-refractivity contribution in [3.8, 4) is 11.5 Å². The molecule has 0 bridgehead atoms. The summed E-state index contributed by atoms with van der Waals surface area (Å²) in [4.78, 5) is 42.5. The summed E-state index contributed by atoms with van der Waals surface area (Å²) in [5, 5.41) is 26.2. The summed E-state index contributed by atoms with van der Waals surface area (Å²) in [7, 11) is 0. The van der Waals surface area contributed by atoms with Gasteiger partial charge in [0.1, 0.15) is 29.2 Å². The molecule has 3 aromatic rings. The van der Waals surface area contributed by atoms with E-state index in [4.69, 9.17) is 4.74 Å². The van der Waals surface area contributed by atoms with Gasteiger partial charge in [0.05, 0.1) is 0 Å². The van der Waals surface area contributed by atoms with Crippen LogP contribution in [0.5, 0.6) is 11.5 Å². The molecule has 0 heterocycles. The normalized spacial score (nSPS) is 14.4. The number of carbonyl (C=O) groups is 3. The lowest BCUT2D eigenvalue weighted by Crippen LogP contribution is -2.54. The van der Waals surface area contributed by atoms with E-state index in [9.17, 15) is 24.6 Å². The molecular formula is C32H37N3O6. The molecule has 1 aliphatic carbocycles. The van der Waals surface area contributed by atoms with Gasteiger partial charge >= 0.3 is 6.09 Å². The number of para-hydroxylation sites is 1. The highest BCUT2D eigenvalue weighted by atomic mass is 16.6. The number of nitrogens with zero attached hydrogens (tertiary/aromatic N) is 1. The lowest BCUT2D eigenvalue weighted by atomic mass is 9.99. The van der Waals surface area contributed by atoms with Crippen LogP contribution in [0.1, 0.15) is 56.3 Å². The molecule has 0 aliphatic heterocycles. The van der Waals surface area contributed by atoms with Gasteiger partial charge < -0.3 is 30.5 Å². The Morgan fingerprint density at radius 2 is 1.54 bits per heavy atom. The molecule has 2 unspecified atom stereocenters. The van der Waals surface area contributed by atoms with Crippen LogP contribution in [-0.2, 0) is 27.3 Å². The maximum atomic E-state index is 14.3. The number of hydrogen-bond acceptors (Lipinski definition) is 6. The van der Waals surface area contributed by atoms with Crippen molar-refractivity contribution in [2.45, 2.75) is 70.3 Å². The van der Waals surface area contributed by atoms with Crippen molar-refractivity contribution in [2.24, 2.45) is 0 Å². The van der Waals surface area contributed by atoms with Gasteiger partial charge in [-0.3, -0.25) is 9.59 Å². The summed E-state index contributed by atoms with van der Waals surface area (Å²) in [6.07, 6.45) is 0.694. The zero-order valence-corrected chi connectivity index (χ0v) is 23.5. The molecule has 41 heavy (non-hydrogen) atoms. The number of ether oxygens (including phenoxy) is 1. The Morgan fingerprint density at radius 1 is 0.902 bits per heavy atom. The van der Waals surface area contributed by atoms with Crippen LogP contribution in [-0.4, -0.2) is 50.7 Å². The molecule has 1 saturated carbocycles. The van der Waals surface area contributed by atoms with Gasteiger partial charge in [-0.2, -0.15) is 0 Å². The molecule has 4 rings (SSSR count). The van der Waals surface area contributed by atoms with Gasteiger partial charge in [-0.05, 0) is 62.9 Å². The van der Waals surface area contributed by atoms with E-state index in [2.05, 4.69) is 10.6 Å². The predicted molar refractivity (Wildman–Crippen MR) is 154 cm³/mol. The van der Waals surface area contributed by atoms with Gasteiger partial charge in [0, 0.05) is 24.6 Å². The number of alkyl carbamates (subject to hydrolysis) is 1. The van der Waals surface area contributed by atoms with E-state index >= 15 is 0 Å². The van der Waals surface area contributed by atoms with E-state index in [1.165, 1.54) is 23.1 Å². The first-order chi connectivity index (χ1) is 19.5. The second-order valence-electron chi connectivity index (χ2n) is 11.2. The Labute approximate surface area is 240 Å². The van der Waals surface area contributed by atoms with E-state index in [-0.39, 0.29) is 30.5 Å². The van der Waals surface area contributed by atoms with Crippen LogP contribution in [0.4, 0.5) is 4.79 Å². The molecule has 3 aromatic carbocycles. The third kappa shape index (κ3) is 8.23. The zero-order valence-electron chi connectivity index (χ0n) is 23.5. The molecule has 3 amide bonds. The highest BCUT2D eigenvalue weighted by Gasteiger charge is 2.44. The molecular weight excluding hydrogens is 522 g/mol. The highest BCUT2D eigenvalue weighted by molar-refractivity contribution is 5.93. The number of phenolic OH excluding ortho intramolecular Hbond substituents is 2. The number of aromatic hydroxyl groups is 2. The molecule has 0 spiro atoms. The number of hydrogen-bond donors (Lipinski definition) is 4. The summed E-state index contributed by atoms with van der Waals surface area (Å²) in [6.45, 7) is 5.42. The number of phenols is 2. The predicted octanol–water partition coefficient (Wildman–Crippen LogP) is 4.58. The quantitative estimate of drug-likeness (QED) is 0.288. The molecule has 0 aromatic heterocycles. The average molecular weight is 560 g/mol. The first kappa shape index (κ1) is 29.5. The Hall–Kier alpha value is -4.53. The van der Waals surface area contributed by atoms with Crippen LogP contribution >= 0.6 is 0 Å². The molecule has 9 nitrogen and oxygen atoms in total. The molecule has 1 fully saturated rings. The highest BCUT2D eigenvalue weighted by Crippen LogP contribution is 2.38.